The van der Waals surface area contributed by atoms with Gasteiger partial charge >= 0.3 is 0 Å². The van der Waals surface area contributed by atoms with Gasteiger partial charge in [0, 0.05) is 6.54 Å². The summed E-state index contributed by atoms with van der Waals surface area (Å²) in [6.45, 7) is 0.418. The Kier molecular flexibility index (Phi) is 6.81. The number of amides is 1. The molecule has 0 aliphatic rings. The van der Waals surface area contributed by atoms with Crippen molar-refractivity contribution in [2.75, 3.05) is 13.2 Å². The van der Waals surface area contributed by atoms with Crippen molar-refractivity contribution in [2.45, 2.75) is 18.9 Å². The highest BCUT2D eigenvalue weighted by molar-refractivity contribution is 5.78. The normalized spacial score (nSPS) is 11.3. The molecule has 2 N–H and O–H groups in total. The van der Waals surface area contributed by atoms with Crippen LogP contribution < -0.4 is 10.1 Å². The molecule has 0 bridgehead atoms. The molecular formula is C19H20N2O3. The van der Waals surface area contributed by atoms with Crippen LogP contribution in [0, 0.1) is 11.3 Å². The lowest BCUT2D eigenvalue weighted by Gasteiger charge is -2.11. The van der Waals surface area contributed by atoms with Crippen LogP contribution in [0.2, 0.25) is 0 Å². The maximum absolute atomic E-state index is 11.9. The Morgan fingerprint density at radius 1 is 1.17 bits per heavy atom. The molecule has 2 rings (SSSR count). The van der Waals surface area contributed by atoms with E-state index in [-0.39, 0.29) is 18.9 Å². The van der Waals surface area contributed by atoms with Gasteiger partial charge in [-0.3, -0.25) is 4.79 Å². The van der Waals surface area contributed by atoms with Crippen LogP contribution in [0.3, 0.4) is 0 Å². The van der Waals surface area contributed by atoms with Gasteiger partial charge < -0.3 is 15.2 Å². The van der Waals surface area contributed by atoms with Gasteiger partial charge in [-0.15, -0.1) is 0 Å². The number of carbonyl (C=O) groups is 1. The first-order valence-electron chi connectivity index (χ1n) is 7.77. The number of nitrogens with zero attached hydrogens (tertiary/aromatic N) is 1. The topological polar surface area (TPSA) is 82.3 Å². The molecule has 124 valence electrons. The second-order valence-electron chi connectivity index (χ2n) is 5.33. The maximum Gasteiger partial charge on any atom is 0.224 e. The molecule has 0 saturated heterocycles. The summed E-state index contributed by atoms with van der Waals surface area (Å²) in [7, 11) is 0. The summed E-state index contributed by atoms with van der Waals surface area (Å²) in [6, 6.07) is 18.3. The molecule has 0 saturated carbocycles. The molecule has 0 aromatic heterocycles. The Balaban J connectivity index is 1.72. The van der Waals surface area contributed by atoms with E-state index in [1.165, 1.54) is 0 Å². The molecule has 0 heterocycles. The van der Waals surface area contributed by atoms with E-state index < -0.39 is 6.10 Å². The first kappa shape index (κ1) is 17.5. The zero-order valence-corrected chi connectivity index (χ0v) is 13.3. The van der Waals surface area contributed by atoms with Crippen LogP contribution in [0.15, 0.2) is 54.6 Å². The Bertz CT molecular complexity index is 678. The lowest BCUT2D eigenvalue weighted by atomic mass is 10.1. The highest BCUT2D eigenvalue weighted by atomic mass is 16.5. The van der Waals surface area contributed by atoms with Gasteiger partial charge in [0.25, 0.3) is 0 Å². The summed E-state index contributed by atoms with van der Waals surface area (Å²) in [6.07, 6.45) is 0.152. The number of benzene rings is 2. The van der Waals surface area contributed by atoms with Crippen molar-refractivity contribution in [3.63, 3.8) is 0 Å². The van der Waals surface area contributed by atoms with Crippen LogP contribution in [0.5, 0.6) is 5.75 Å². The minimum absolute atomic E-state index is 0.00355. The zero-order chi connectivity index (χ0) is 17.2. The van der Waals surface area contributed by atoms with E-state index in [4.69, 9.17) is 10.00 Å². The number of hydrogen-bond acceptors (Lipinski definition) is 4. The lowest BCUT2D eigenvalue weighted by molar-refractivity contribution is -0.120. The minimum Gasteiger partial charge on any atom is -0.479 e. The van der Waals surface area contributed by atoms with Crippen LogP contribution in [-0.2, 0) is 11.2 Å². The summed E-state index contributed by atoms with van der Waals surface area (Å²) in [4.78, 5) is 11.9. The van der Waals surface area contributed by atoms with Gasteiger partial charge in [0.2, 0.25) is 5.91 Å². The largest absolute Gasteiger partial charge is 0.479 e. The van der Waals surface area contributed by atoms with Gasteiger partial charge in [-0.25, -0.2) is 0 Å². The molecule has 24 heavy (non-hydrogen) atoms. The fraction of sp³-hybridized carbons (Fsp3) is 0.263. The van der Waals surface area contributed by atoms with Gasteiger partial charge in [0.15, 0.2) is 6.61 Å². The number of hydrogen-bond donors (Lipinski definition) is 2. The molecule has 1 amide bonds. The number of aliphatic hydroxyl groups excluding tert-OH is 1. The fourth-order valence-electron chi connectivity index (χ4n) is 2.26. The van der Waals surface area contributed by atoms with Gasteiger partial charge in [-0.05, 0) is 29.7 Å². The second kappa shape index (κ2) is 9.33. The van der Waals surface area contributed by atoms with Gasteiger partial charge in [0.1, 0.15) is 11.8 Å². The molecular weight excluding hydrogens is 304 g/mol. The molecule has 0 fully saturated rings. The number of ether oxygens (including phenoxy) is 1. The molecule has 5 nitrogen and oxygen atoms in total. The number of rotatable bonds is 8. The van der Waals surface area contributed by atoms with Crippen molar-refractivity contribution in [3.05, 3.63) is 65.7 Å². The average molecular weight is 324 g/mol. The van der Waals surface area contributed by atoms with E-state index in [0.717, 1.165) is 11.1 Å². The lowest BCUT2D eigenvalue weighted by Crippen LogP contribution is -2.27. The minimum atomic E-state index is -0.580. The van der Waals surface area contributed by atoms with E-state index >= 15 is 0 Å². The maximum atomic E-state index is 11.9. The van der Waals surface area contributed by atoms with Gasteiger partial charge in [0.05, 0.1) is 12.5 Å². The third-order valence-corrected chi connectivity index (χ3v) is 3.52. The molecule has 0 radical (unpaired) electrons. The summed E-state index contributed by atoms with van der Waals surface area (Å²) in [5.74, 6) is 0.507. The van der Waals surface area contributed by atoms with Crippen molar-refractivity contribution in [3.8, 4) is 11.8 Å². The smallest absolute Gasteiger partial charge is 0.224 e. The van der Waals surface area contributed by atoms with Crippen LogP contribution >= 0.6 is 0 Å². The summed E-state index contributed by atoms with van der Waals surface area (Å²) in [5, 5.41) is 21.3. The van der Waals surface area contributed by atoms with E-state index in [1.807, 2.05) is 36.4 Å². The SMILES string of the molecule is N#CCOc1ccc(CC(=O)NCCC(O)c2ccccc2)cc1. The van der Waals surface area contributed by atoms with Crippen molar-refractivity contribution < 1.29 is 14.6 Å². The van der Waals surface area contributed by atoms with Crippen molar-refractivity contribution in [2.24, 2.45) is 0 Å². The average Bonchev–Trinajstić information content (AvgIpc) is 2.62. The van der Waals surface area contributed by atoms with Crippen LogP contribution in [-0.4, -0.2) is 24.2 Å². The van der Waals surface area contributed by atoms with Crippen molar-refractivity contribution >= 4 is 5.91 Å². The number of nitriles is 1. The third-order valence-electron chi connectivity index (χ3n) is 3.52. The molecule has 5 heteroatoms. The van der Waals surface area contributed by atoms with Crippen molar-refractivity contribution in [1.29, 1.82) is 5.26 Å². The monoisotopic (exact) mass is 324 g/mol. The van der Waals surface area contributed by atoms with Crippen LogP contribution in [0.1, 0.15) is 23.7 Å². The molecule has 2 aromatic rings. The molecule has 1 atom stereocenters. The van der Waals surface area contributed by atoms with E-state index in [0.29, 0.717) is 18.7 Å². The van der Waals surface area contributed by atoms with E-state index in [1.54, 1.807) is 24.3 Å². The van der Waals surface area contributed by atoms with Gasteiger partial charge in [-0.1, -0.05) is 42.5 Å². The molecule has 0 aliphatic carbocycles. The fourth-order valence-corrected chi connectivity index (χ4v) is 2.26. The summed E-state index contributed by atoms with van der Waals surface area (Å²) < 4.78 is 5.16. The Hall–Kier alpha value is -2.84. The standard InChI is InChI=1S/C19H20N2O3/c20-11-13-24-17-8-6-15(7-9-17)14-19(23)21-12-10-18(22)16-4-2-1-3-5-16/h1-9,18,22H,10,12-14H2,(H,21,23). The molecule has 0 aliphatic heterocycles. The van der Waals surface area contributed by atoms with Crippen molar-refractivity contribution in [1.82, 2.24) is 5.32 Å². The Morgan fingerprint density at radius 2 is 1.88 bits per heavy atom. The zero-order valence-electron chi connectivity index (χ0n) is 13.3. The number of carbonyl (C=O) groups excluding carboxylic acids is 1. The molecule has 1 unspecified atom stereocenters. The summed E-state index contributed by atoms with van der Waals surface area (Å²) >= 11 is 0. The second-order valence-corrected chi connectivity index (χ2v) is 5.33. The van der Waals surface area contributed by atoms with E-state index in [2.05, 4.69) is 5.32 Å². The quantitative estimate of drug-likeness (QED) is 0.781. The Labute approximate surface area is 141 Å². The molecule has 2 aromatic carbocycles. The number of nitrogens with one attached hydrogen (secondary N) is 1. The summed E-state index contributed by atoms with van der Waals surface area (Å²) in [5.41, 5.74) is 1.71. The van der Waals surface area contributed by atoms with Crippen LogP contribution in [0.4, 0.5) is 0 Å². The Morgan fingerprint density at radius 3 is 2.54 bits per heavy atom. The van der Waals surface area contributed by atoms with Gasteiger partial charge in [-0.2, -0.15) is 5.26 Å². The predicted octanol–water partition coefficient (Wildman–Crippen LogP) is 2.37. The van der Waals surface area contributed by atoms with E-state index in [9.17, 15) is 9.90 Å². The number of aliphatic hydroxyl groups is 1. The first-order chi connectivity index (χ1) is 11.7. The highest BCUT2D eigenvalue weighted by Crippen LogP contribution is 2.15. The van der Waals surface area contributed by atoms with Crippen LogP contribution in [0.25, 0.3) is 0 Å². The molecule has 0 spiro atoms. The predicted molar refractivity (Wildman–Crippen MR) is 90.3 cm³/mol. The third kappa shape index (κ3) is 5.75. The highest BCUT2D eigenvalue weighted by Gasteiger charge is 2.08. The first-order valence-corrected chi connectivity index (χ1v) is 7.77.